The highest BCUT2D eigenvalue weighted by molar-refractivity contribution is 6.84. The molecule has 98 valence electrons. The predicted molar refractivity (Wildman–Crippen MR) is 69.6 cm³/mol. The van der Waals surface area contributed by atoms with E-state index < -0.39 is 28.6 Å². The zero-order valence-corrected chi connectivity index (χ0v) is 12.9. The van der Waals surface area contributed by atoms with Gasteiger partial charge in [0.1, 0.15) is 6.23 Å². The van der Waals surface area contributed by atoms with Crippen molar-refractivity contribution in [3.05, 3.63) is 12.2 Å². The number of carbonyl (C=O) groups is 2. The van der Waals surface area contributed by atoms with Crippen molar-refractivity contribution in [3.63, 3.8) is 0 Å². The first-order chi connectivity index (χ1) is 7.52. The third-order valence-corrected chi connectivity index (χ3v) is 7.01. The monoisotopic (exact) mass is 276 g/mol. The molecule has 7 heteroatoms. The summed E-state index contributed by atoms with van der Waals surface area (Å²) in [7, 11) is -3.66. The minimum atomic E-state index is -2.02. The van der Waals surface area contributed by atoms with Crippen LogP contribution in [0.4, 0.5) is 0 Å². The van der Waals surface area contributed by atoms with Gasteiger partial charge in [0.15, 0.2) is 8.32 Å². The third-order valence-electron chi connectivity index (χ3n) is 1.51. The first-order valence-corrected chi connectivity index (χ1v) is 11.8. The van der Waals surface area contributed by atoms with Gasteiger partial charge in [-0.2, -0.15) is 0 Å². The number of esters is 1. The first kappa shape index (κ1) is 16.1. The maximum Gasteiger partial charge on any atom is 0.330 e. The molecule has 17 heavy (non-hydrogen) atoms. The van der Waals surface area contributed by atoms with Crippen LogP contribution in [0.15, 0.2) is 12.2 Å². The first-order valence-electron chi connectivity index (χ1n) is 5.30. The Labute approximate surface area is 104 Å². The topological polar surface area (TPSA) is 72.8 Å². The van der Waals surface area contributed by atoms with Crippen molar-refractivity contribution in [2.45, 2.75) is 32.7 Å². The van der Waals surface area contributed by atoms with E-state index in [-0.39, 0.29) is 6.23 Å². The van der Waals surface area contributed by atoms with E-state index >= 15 is 0 Å². The molecule has 0 heterocycles. The molecule has 0 radical (unpaired) electrons. The Kier molecular flexibility index (Phi) is 5.79. The molecule has 0 amide bonds. The number of hydrogen-bond donors (Lipinski definition) is 1. The van der Waals surface area contributed by atoms with Gasteiger partial charge >= 0.3 is 11.9 Å². The van der Waals surface area contributed by atoms with E-state index in [1.165, 1.54) is 0 Å². The van der Waals surface area contributed by atoms with Gasteiger partial charge in [0.2, 0.25) is 8.32 Å². The summed E-state index contributed by atoms with van der Waals surface area (Å²) in [5.74, 6) is -1.82. The van der Waals surface area contributed by atoms with E-state index in [1.54, 1.807) is 0 Å². The zero-order valence-electron chi connectivity index (χ0n) is 10.9. The molecular formula is C10H20O5Si2. The van der Waals surface area contributed by atoms with Crippen molar-refractivity contribution in [1.29, 1.82) is 0 Å². The number of carboxylic acids is 1. The van der Waals surface area contributed by atoms with Crippen LogP contribution in [0.25, 0.3) is 0 Å². The average molecular weight is 276 g/mol. The lowest BCUT2D eigenvalue weighted by atomic mass is 10.5. The van der Waals surface area contributed by atoms with Crippen molar-refractivity contribution in [2.75, 3.05) is 6.23 Å². The normalized spacial score (nSPS) is 12.8. The predicted octanol–water partition coefficient (Wildman–Crippen LogP) is 1.77. The molecule has 0 aromatic heterocycles. The van der Waals surface area contributed by atoms with Gasteiger partial charge in [-0.1, -0.05) is 0 Å². The van der Waals surface area contributed by atoms with Crippen LogP contribution >= 0.6 is 0 Å². The fourth-order valence-corrected chi connectivity index (χ4v) is 8.65. The van der Waals surface area contributed by atoms with Crippen molar-refractivity contribution in [3.8, 4) is 0 Å². The summed E-state index contributed by atoms with van der Waals surface area (Å²) in [6, 6.07) is 0. The van der Waals surface area contributed by atoms with Crippen molar-refractivity contribution < 1.29 is 23.5 Å². The summed E-state index contributed by atoms with van der Waals surface area (Å²) >= 11 is 0. The number of ether oxygens (including phenoxy) is 1. The van der Waals surface area contributed by atoms with Gasteiger partial charge in [-0.05, 0) is 32.7 Å². The van der Waals surface area contributed by atoms with Crippen LogP contribution in [-0.4, -0.2) is 39.9 Å². The molecule has 0 aromatic rings. The molecule has 0 unspecified atom stereocenters. The van der Waals surface area contributed by atoms with Crippen LogP contribution in [0.1, 0.15) is 0 Å². The molecule has 0 saturated carbocycles. The van der Waals surface area contributed by atoms with Gasteiger partial charge in [-0.3, -0.25) is 0 Å². The molecule has 0 atom stereocenters. The van der Waals surface area contributed by atoms with E-state index in [0.717, 1.165) is 12.2 Å². The van der Waals surface area contributed by atoms with E-state index in [9.17, 15) is 9.59 Å². The molecule has 0 saturated heterocycles. The van der Waals surface area contributed by atoms with E-state index in [1.807, 2.05) is 13.1 Å². The smallest absolute Gasteiger partial charge is 0.330 e. The minimum absolute atomic E-state index is 0.236. The molecule has 0 aliphatic heterocycles. The maximum atomic E-state index is 11.2. The fourth-order valence-electron chi connectivity index (χ4n) is 1.29. The Morgan fingerprint density at radius 2 is 1.65 bits per heavy atom. The summed E-state index contributed by atoms with van der Waals surface area (Å²) < 4.78 is 10.9. The van der Waals surface area contributed by atoms with Gasteiger partial charge in [0.05, 0.1) is 0 Å². The van der Waals surface area contributed by atoms with Crippen LogP contribution in [0.2, 0.25) is 32.7 Å². The molecule has 0 aromatic carbocycles. The summed E-state index contributed by atoms with van der Waals surface area (Å²) in [5.41, 5.74) is 0. The Bertz CT molecular complexity index is 317. The lowest BCUT2D eigenvalue weighted by molar-refractivity contribution is -0.137. The SMILES string of the molecule is C[Si](C)(C)O[Si](C)(C)COC(=O)/C=C/C(=O)O. The molecule has 5 nitrogen and oxygen atoms in total. The number of hydrogen-bond acceptors (Lipinski definition) is 4. The van der Waals surface area contributed by atoms with Crippen LogP contribution < -0.4 is 0 Å². The highest BCUT2D eigenvalue weighted by Gasteiger charge is 2.30. The van der Waals surface area contributed by atoms with E-state index in [0.29, 0.717) is 0 Å². The summed E-state index contributed by atoms with van der Waals surface area (Å²) in [5, 5.41) is 8.34. The highest BCUT2D eigenvalue weighted by atomic mass is 28.4. The summed E-state index contributed by atoms with van der Waals surface area (Å²) in [4.78, 5) is 21.4. The average Bonchev–Trinajstić information content (AvgIpc) is 2.07. The summed E-state index contributed by atoms with van der Waals surface area (Å²) in [6.45, 7) is 10.2. The van der Waals surface area contributed by atoms with Gasteiger partial charge in [-0.25, -0.2) is 9.59 Å². The zero-order chi connectivity index (χ0) is 13.7. The van der Waals surface area contributed by atoms with Crippen molar-refractivity contribution in [1.82, 2.24) is 0 Å². The fraction of sp³-hybridized carbons (Fsp3) is 0.600. The van der Waals surface area contributed by atoms with Crippen molar-refractivity contribution >= 4 is 28.6 Å². The number of carboxylic acid groups (broad SMARTS) is 1. The molecule has 0 bridgehead atoms. The standard InChI is InChI=1S/C10H20O5Si2/c1-16(2,3)15-17(4,5)8-14-10(13)7-6-9(11)12/h6-7H,8H2,1-5H3,(H,11,12)/b7-6+. The Balaban J connectivity index is 4.18. The Morgan fingerprint density at radius 3 is 2.06 bits per heavy atom. The summed E-state index contributed by atoms with van der Waals surface area (Å²) in [6.07, 6.45) is 1.90. The minimum Gasteiger partial charge on any atom is -0.478 e. The van der Waals surface area contributed by atoms with E-state index in [2.05, 4.69) is 19.6 Å². The third kappa shape index (κ3) is 9.97. The largest absolute Gasteiger partial charge is 0.478 e. The Hall–Kier alpha value is -0.926. The molecule has 1 N–H and O–H groups in total. The van der Waals surface area contributed by atoms with Gasteiger partial charge < -0.3 is 14.0 Å². The van der Waals surface area contributed by atoms with Crippen LogP contribution in [0.5, 0.6) is 0 Å². The van der Waals surface area contributed by atoms with Crippen LogP contribution in [0.3, 0.4) is 0 Å². The molecule has 0 aliphatic carbocycles. The highest BCUT2D eigenvalue weighted by Crippen LogP contribution is 2.14. The van der Waals surface area contributed by atoms with Gasteiger partial charge in [-0.15, -0.1) is 0 Å². The van der Waals surface area contributed by atoms with Crippen molar-refractivity contribution in [2.24, 2.45) is 0 Å². The molecular weight excluding hydrogens is 256 g/mol. The molecule has 0 rings (SSSR count). The van der Waals surface area contributed by atoms with Crippen LogP contribution in [0, 0.1) is 0 Å². The molecule has 0 spiro atoms. The lowest BCUT2D eigenvalue weighted by Gasteiger charge is -2.30. The quantitative estimate of drug-likeness (QED) is 0.455. The second kappa shape index (κ2) is 6.13. The Morgan fingerprint density at radius 1 is 1.12 bits per heavy atom. The molecule has 0 fully saturated rings. The number of rotatable bonds is 6. The number of carbonyl (C=O) groups excluding carboxylic acids is 1. The van der Waals surface area contributed by atoms with Gasteiger partial charge in [0, 0.05) is 12.2 Å². The van der Waals surface area contributed by atoms with Gasteiger partial charge in [0.25, 0.3) is 0 Å². The second-order valence-corrected chi connectivity index (χ2v) is 14.1. The lowest BCUT2D eigenvalue weighted by Crippen LogP contribution is -2.46. The maximum absolute atomic E-state index is 11.2. The van der Waals surface area contributed by atoms with Crippen LogP contribution in [-0.2, 0) is 18.4 Å². The van der Waals surface area contributed by atoms with E-state index in [4.69, 9.17) is 14.0 Å². The number of aliphatic carboxylic acids is 1. The second-order valence-electron chi connectivity index (χ2n) is 5.25. The molecule has 0 aliphatic rings.